The maximum atomic E-state index is 0. The average molecular weight is 170 g/mol. The summed E-state index contributed by atoms with van der Waals surface area (Å²) in [6, 6.07) is 0. The van der Waals surface area contributed by atoms with Crippen molar-refractivity contribution in [2.75, 3.05) is 0 Å². The van der Waals surface area contributed by atoms with Crippen molar-refractivity contribution in [1.29, 1.82) is 0 Å². The minimum atomic E-state index is 0. The van der Waals surface area contributed by atoms with E-state index in [1.165, 1.54) is 0 Å². The summed E-state index contributed by atoms with van der Waals surface area (Å²) in [5, 5.41) is 0. The fraction of sp³-hybridized carbons (Fsp3) is 0.500. The van der Waals surface area contributed by atoms with Crippen LogP contribution in [0, 0.1) is 7.43 Å². The first-order valence-corrected chi connectivity index (χ1v) is 0. The largest absolute Gasteiger partial charge is 4.00 e. The molecule has 0 spiro atoms. The predicted molar refractivity (Wildman–Crippen MR) is 9.97 cm³/mol. The molecule has 0 aromatic carbocycles. The summed E-state index contributed by atoms with van der Waals surface area (Å²) in [5.41, 5.74) is 0. The molecule has 0 saturated heterocycles. The predicted octanol–water partition coefficient (Wildman–Crippen LogP) is -11.3. The standard InChI is InChI=1S/CH4.C.4ClH/h1H4;;4*1H/q;+4;;;;/p-4. The number of hydrogen-bond acceptors (Lipinski definition) is 0. The Hall–Kier alpha value is 1.16. The molecule has 0 aromatic rings. The molecule has 0 nitrogen and oxygen atoms in total. The summed E-state index contributed by atoms with van der Waals surface area (Å²) in [4.78, 5) is 0. The monoisotopic (exact) mass is 168 g/mol. The Bertz CT molecular complexity index is 5.51. The van der Waals surface area contributed by atoms with E-state index < -0.39 is 0 Å². The fourth-order valence-corrected chi connectivity index (χ4v) is 0. The van der Waals surface area contributed by atoms with E-state index in [2.05, 4.69) is 0 Å². The Morgan fingerprint density at radius 2 is 0.500 bits per heavy atom. The number of rotatable bonds is 0. The molecule has 6 heavy (non-hydrogen) atoms. The van der Waals surface area contributed by atoms with Crippen molar-refractivity contribution in [1.82, 2.24) is 0 Å². The SMILES string of the molecule is C.[C+4].[Cl-].[Cl-].[Cl-].[Cl-]. The summed E-state index contributed by atoms with van der Waals surface area (Å²) < 4.78 is 0. The van der Waals surface area contributed by atoms with E-state index >= 15 is 0 Å². The van der Waals surface area contributed by atoms with Crippen LogP contribution in [0.1, 0.15) is 7.43 Å². The van der Waals surface area contributed by atoms with Gasteiger partial charge in [0.2, 0.25) is 0 Å². The third kappa shape index (κ3) is 66.4. The molecular formula is C2H4Cl4. The average Bonchev–Trinajstić information content (AvgIpc) is 0. The van der Waals surface area contributed by atoms with Crippen LogP contribution in [-0.4, -0.2) is 0 Å². The van der Waals surface area contributed by atoms with Gasteiger partial charge in [0.1, 0.15) is 0 Å². The number of hydrogen-bond donors (Lipinski definition) is 0. The van der Waals surface area contributed by atoms with Crippen LogP contribution in [0.15, 0.2) is 0 Å². The fourth-order valence-electron chi connectivity index (χ4n) is 0. The second-order valence-electron chi connectivity index (χ2n) is 0. The normalized spacial score (nSPS) is 0. The van der Waals surface area contributed by atoms with Gasteiger partial charge in [-0.15, -0.1) is 0 Å². The molecule has 0 radical (unpaired) electrons. The van der Waals surface area contributed by atoms with Gasteiger partial charge in [-0.2, -0.15) is 0 Å². The Labute approximate surface area is 64.7 Å². The van der Waals surface area contributed by atoms with E-state index in [1.807, 2.05) is 0 Å². The second-order valence-corrected chi connectivity index (χ2v) is 0. The van der Waals surface area contributed by atoms with Crippen LogP contribution in [0.3, 0.4) is 0 Å². The molecule has 0 unspecified atom stereocenters. The van der Waals surface area contributed by atoms with Gasteiger partial charge in [0, 0.05) is 0 Å². The summed E-state index contributed by atoms with van der Waals surface area (Å²) in [6.45, 7) is 0. The summed E-state index contributed by atoms with van der Waals surface area (Å²) >= 11 is 0. The molecule has 0 aliphatic carbocycles. The zero-order chi connectivity index (χ0) is 0. The first-order valence-electron chi connectivity index (χ1n) is 0. The molecule has 0 amide bonds. The topological polar surface area (TPSA) is 0 Å². The smallest absolute Gasteiger partial charge is 1.00 e. The molecule has 0 heterocycles. The molecule has 0 aliphatic heterocycles. The van der Waals surface area contributed by atoms with Gasteiger partial charge in [0.25, 0.3) is 0 Å². The molecule has 0 aliphatic rings. The Morgan fingerprint density at radius 1 is 0.500 bits per heavy atom. The van der Waals surface area contributed by atoms with E-state index in [1.54, 1.807) is 0 Å². The molecule has 0 rings (SSSR count). The first kappa shape index (κ1) is 202. The van der Waals surface area contributed by atoms with Crippen molar-refractivity contribution in [2.45, 2.75) is 7.43 Å². The van der Waals surface area contributed by atoms with E-state index in [-0.39, 0.29) is 64.5 Å². The van der Waals surface area contributed by atoms with Crippen molar-refractivity contribution in [3.8, 4) is 0 Å². The van der Waals surface area contributed by atoms with Crippen LogP contribution in [0.5, 0.6) is 0 Å². The second kappa shape index (κ2) is 122. The van der Waals surface area contributed by atoms with Crippen LogP contribution >= 0.6 is 0 Å². The Balaban J connectivity index is 0. The van der Waals surface area contributed by atoms with Crippen molar-refractivity contribution in [2.24, 2.45) is 0 Å². The molecule has 0 atom stereocenters. The van der Waals surface area contributed by atoms with Gasteiger partial charge >= 0.3 is 7.43 Å². The van der Waals surface area contributed by atoms with Gasteiger partial charge in [-0.25, -0.2) is 0 Å². The molecule has 0 aromatic heterocycles. The Kier molecular flexibility index (Phi) is 4100. The van der Waals surface area contributed by atoms with Crippen LogP contribution in [0.4, 0.5) is 0 Å². The summed E-state index contributed by atoms with van der Waals surface area (Å²) in [5.74, 6) is 0. The summed E-state index contributed by atoms with van der Waals surface area (Å²) in [6.07, 6.45) is 0. The van der Waals surface area contributed by atoms with Crippen LogP contribution in [-0.2, 0) is 0 Å². The maximum absolute atomic E-state index is 0. The maximum Gasteiger partial charge on any atom is 4.00 e. The quantitative estimate of drug-likeness (QED) is 0.338. The van der Waals surface area contributed by atoms with Crippen LogP contribution in [0.2, 0.25) is 0 Å². The Morgan fingerprint density at radius 3 is 0.500 bits per heavy atom. The van der Waals surface area contributed by atoms with Gasteiger partial charge in [0.15, 0.2) is 0 Å². The van der Waals surface area contributed by atoms with Gasteiger partial charge < -0.3 is 49.6 Å². The van der Waals surface area contributed by atoms with Gasteiger partial charge in [-0.3, -0.25) is 0 Å². The van der Waals surface area contributed by atoms with E-state index in [0.717, 1.165) is 0 Å². The zero-order valence-electron chi connectivity index (χ0n) is 2.01. The van der Waals surface area contributed by atoms with Crippen molar-refractivity contribution in [3.63, 3.8) is 0 Å². The van der Waals surface area contributed by atoms with E-state index in [4.69, 9.17) is 0 Å². The summed E-state index contributed by atoms with van der Waals surface area (Å²) in [7, 11) is 0. The third-order valence-corrected chi connectivity index (χ3v) is 0. The molecule has 0 N–H and O–H groups in total. The molecule has 4 heteroatoms. The molecule has 40 valence electrons. The van der Waals surface area contributed by atoms with Gasteiger partial charge in [0.05, 0.1) is 0 Å². The third-order valence-electron chi connectivity index (χ3n) is 0. The van der Waals surface area contributed by atoms with Gasteiger partial charge in [-0.1, -0.05) is 7.43 Å². The van der Waals surface area contributed by atoms with E-state index in [9.17, 15) is 0 Å². The van der Waals surface area contributed by atoms with Crippen LogP contribution in [0.25, 0.3) is 0 Å². The van der Waals surface area contributed by atoms with E-state index in [0.29, 0.717) is 0 Å². The van der Waals surface area contributed by atoms with Gasteiger partial charge in [-0.05, 0) is 0 Å². The first-order chi connectivity index (χ1) is 0. The zero-order valence-corrected chi connectivity index (χ0v) is 5.04. The van der Waals surface area contributed by atoms with Crippen molar-refractivity contribution in [3.05, 3.63) is 7.43 Å². The molecule has 0 fully saturated rings. The van der Waals surface area contributed by atoms with Crippen molar-refractivity contribution >= 4 is 0 Å². The minimum absolute atomic E-state index is 0. The molecule has 0 bridgehead atoms. The number of halogens is 4. The molecule has 0 saturated carbocycles. The van der Waals surface area contributed by atoms with Crippen molar-refractivity contribution < 1.29 is 49.6 Å². The molecular weight excluding hydrogens is 166 g/mol. The van der Waals surface area contributed by atoms with Crippen LogP contribution < -0.4 is 49.6 Å². The minimum Gasteiger partial charge on any atom is -1.00 e.